The smallest absolute Gasteiger partial charge is 0.265 e. The molecule has 2 aromatic carbocycles. The van der Waals surface area contributed by atoms with E-state index in [2.05, 4.69) is 4.98 Å². The summed E-state index contributed by atoms with van der Waals surface area (Å²) in [6.07, 6.45) is 2.37. The second kappa shape index (κ2) is 7.21. The summed E-state index contributed by atoms with van der Waals surface area (Å²) in [5, 5.41) is 0.606. The van der Waals surface area contributed by atoms with Crippen LogP contribution in [0, 0.1) is 0 Å². The molecule has 0 unspecified atom stereocenters. The first-order valence-corrected chi connectivity index (χ1v) is 8.28. The lowest BCUT2D eigenvalue weighted by Crippen LogP contribution is -2.24. The molecule has 0 amide bonds. The quantitative estimate of drug-likeness (QED) is 0.696. The minimum atomic E-state index is -0.0661. The number of carbonyl (C=O) groups excluding carboxylic acids is 1. The number of aryl methyl sites for hydroxylation is 1. The predicted molar refractivity (Wildman–Crippen MR) is 95.6 cm³/mol. The number of fused-ring (bicyclic) bond motifs is 1. The Morgan fingerprint density at radius 1 is 1.04 bits per heavy atom. The Morgan fingerprint density at radius 3 is 2.50 bits per heavy atom. The van der Waals surface area contributed by atoms with Gasteiger partial charge in [0.1, 0.15) is 11.6 Å². The van der Waals surface area contributed by atoms with E-state index >= 15 is 0 Å². The van der Waals surface area contributed by atoms with E-state index in [0.717, 1.165) is 5.69 Å². The number of para-hydroxylation sites is 2. The maximum Gasteiger partial charge on any atom is 0.265 e. The first kappa shape index (κ1) is 16.1. The molecule has 0 N–H and O–H groups in total. The third-order valence-electron chi connectivity index (χ3n) is 4.11. The highest BCUT2D eigenvalue weighted by Crippen LogP contribution is 2.14. The average Bonchev–Trinajstić information content (AvgIpc) is 2.62. The molecule has 0 bridgehead atoms. The summed E-state index contributed by atoms with van der Waals surface area (Å²) < 4.78 is 1.67. The van der Waals surface area contributed by atoms with Gasteiger partial charge in [0.25, 0.3) is 5.56 Å². The van der Waals surface area contributed by atoms with Gasteiger partial charge in [0, 0.05) is 19.3 Å². The standard InChI is InChI=1S/C20H20N2O2/c1-2-16(23)11-8-14-19-21-18-13-7-6-12-17(18)20(24)22(19)15-9-4-3-5-10-15/h3-7,9-10,12-13H,2,8,11,14H2,1H3. The van der Waals surface area contributed by atoms with Gasteiger partial charge in [-0.15, -0.1) is 0 Å². The molecule has 0 aliphatic heterocycles. The van der Waals surface area contributed by atoms with E-state index in [-0.39, 0.29) is 11.3 Å². The van der Waals surface area contributed by atoms with E-state index in [9.17, 15) is 9.59 Å². The Labute approximate surface area is 140 Å². The van der Waals surface area contributed by atoms with Crippen LogP contribution in [0.3, 0.4) is 0 Å². The van der Waals surface area contributed by atoms with Crippen molar-refractivity contribution >= 4 is 16.7 Å². The number of Topliss-reactive ketones (excluding diaryl/α,β-unsaturated/α-hetero) is 1. The van der Waals surface area contributed by atoms with Crippen molar-refractivity contribution in [2.24, 2.45) is 0 Å². The number of hydrogen-bond donors (Lipinski definition) is 0. The molecule has 0 atom stereocenters. The zero-order valence-electron chi connectivity index (χ0n) is 13.7. The van der Waals surface area contributed by atoms with Gasteiger partial charge in [-0.05, 0) is 30.7 Å². The average molecular weight is 320 g/mol. The molecule has 1 heterocycles. The van der Waals surface area contributed by atoms with Crippen molar-refractivity contribution < 1.29 is 4.79 Å². The summed E-state index contributed by atoms with van der Waals surface area (Å²) in [5.74, 6) is 0.943. The summed E-state index contributed by atoms with van der Waals surface area (Å²) in [4.78, 5) is 29.2. The molecule has 1 aromatic heterocycles. The summed E-state index contributed by atoms with van der Waals surface area (Å²) in [7, 11) is 0. The van der Waals surface area contributed by atoms with Crippen LogP contribution < -0.4 is 5.56 Å². The molecular weight excluding hydrogens is 300 g/mol. The number of ketones is 1. The molecule has 4 heteroatoms. The normalized spacial score (nSPS) is 10.9. The van der Waals surface area contributed by atoms with Gasteiger partial charge in [-0.1, -0.05) is 37.3 Å². The molecule has 0 spiro atoms. The molecule has 0 radical (unpaired) electrons. The largest absolute Gasteiger partial charge is 0.300 e. The maximum absolute atomic E-state index is 13.0. The minimum absolute atomic E-state index is 0.0661. The fraction of sp³-hybridized carbons (Fsp3) is 0.250. The van der Waals surface area contributed by atoms with Crippen molar-refractivity contribution in [3.05, 3.63) is 70.8 Å². The topological polar surface area (TPSA) is 52.0 Å². The van der Waals surface area contributed by atoms with Gasteiger partial charge in [0.15, 0.2) is 0 Å². The van der Waals surface area contributed by atoms with Crippen LogP contribution in [-0.4, -0.2) is 15.3 Å². The second-order valence-electron chi connectivity index (χ2n) is 5.77. The Kier molecular flexibility index (Phi) is 4.85. The van der Waals surface area contributed by atoms with Crippen LogP contribution in [0.1, 0.15) is 32.0 Å². The van der Waals surface area contributed by atoms with Gasteiger partial charge in [0.05, 0.1) is 16.6 Å². The molecule has 0 fully saturated rings. The Morgan fingerprint density at radius 2 is 1.75 bits per heavy atom. The fourth-order valence-corrected chi connectivity index (χ4v) is 2.81. The second-order valence-corrected chi connectivity index (χ2v) is 5.77. The van der Waals surface area contributed by atoms with Crippen molar-refractivity contribution in [2.45, 2.75) is 32.6 Å². The van der Waals surface area contributed by atoms with E-state index in [4.69, 9.17) is 0 Å². The van der Waals surface area contributed by atoms with Crippen LogP contribution in [0.15, 0.2) is 59.4 Å². The summed E-state index contributed by atoms with van der Waals surface area (Å²) in [6.45, 7) is 1.87. The highest BCUT2D eigenvalue weighted by Gasteiger charge is 2.12. The van der Waals surface area contributed by atoms with Crippen molar-refractivity contribution in [1.29, 1.82) is 0 Å². The molecule has 0 saturated carbocycles. The molecule has 24 heavy (non-hydrogen) atoms. The summed E-state index contributed by atoms with van der Waals surface area (Å²) in [6, 6.07) is 16.9. The molecule has 0 aliphatic rings. The third-order valence-corrected chi connectivity index (χ3v) is 4.11. The molecule has 0 saturated heterocycles. The Balaban J connectivity index is 2.08. The molecule has 122 valence electrons. The number of hydrogen-bond acceptors (Lipinski definition) is 3. The van der Waals surface area contributed by atoms with Crippen molar-refractivity contribution in [3.8, 4) is 5.69 Å². The van der Waals surface area contributed by atoms with Crippen LogP contribution >= 0.6 is 0 Å². The molecular formula is C20H20N2O2. The van der Waals surface area contributed by atoms with Crippen LogP contribution in [0.4, 0.5) is 0 Å². The van der Waals surface area contributed by atoms with Gasteiger partial charge in [0.2, 0.25) is 0 Å². The van der Waals surface area contributed by atoms with E-state index < -0.39 is 0 Å². The molecule has 3 aromatic rings. The highest BCUT2D eigenvalue weighted by atomic mass is 16.1. The van der Waals surface area contributed by atoms with Crippen LogP contribution in [0.25, 0.3) is 16.6 Å². The first-order chi connectivity index (χ1) is 11.7. The van der Waals surface area contributed by atoms with Gasteiger partial charge >= 0.3 is 0 Å². The minimum Gasteiger partial charge on any atom is -0.300 e. The fourth-order valence-electron chi connectivity index (χ4n) is 2.81. The van der Waals surface area contributed by atoms with Gasteiger partial charge < -0.3 is 0 Å². The van der Waals surface area contributed by atoms with Crippen molar-refractivity contribution in [3.63, 3.8) is 0 Å². The molecule has 3 rings (SSSR count). The zero-order chi connectivity index (χ0) is 16.9. The highest BCUT2D eigenvalue weighted by molar-refractivity contribution is 5.78. The monoisotopic (exact) mass is 320 g/mol. The van der Waals surface area contributed by atoms with Gasteiger partial charge in [-0.25, -0.2) is 4.98 Å². The zero-order valence-corrected chi connectivity index (χ0v) is 13.7. The number of benzene rings is 2. The number of nitrogens with zero attached hydrogens (tertiary/aromatic N) is 2. The first-order valence-electron chi connectivity index (χ1n) is 8.28. The summed E-state index contributed by atoms with van der Waals surface area (Å²) in [5.41, 5.74) is 1.44. The Hall–Kier alpha value is -2.75. The lowest BCUT2D eigenvalue weighted by molar-refractivity contribution is -0.118. The lowest BCUT2D eigenvalue weighted by Gasteiger charge is -2.13. The molecule has 0 aliphatic carbocycles. The van der Waals surface area contributed by atoms with Gasteiger partial charge in [-0.3, -0.25) is 14.2 Å². The number of rotatable bonds is 6. The van der Waals surface area contributed by atoms with Crippen LogP contribution in [0.5, 0.6) is 0 Å². The van der Waals surface area contributed by atoms with E-state index in [1.807, 2.05) is 55.5 Å². The Bertz CT molecular complexity index is 914. The van der Waals surface area contributed by atoms with Crippen molar-refractivity contribution in [2.75, 3.05) is 0 Å². The lowest BCUT2D eigenvalue weighted by atomic mass is 10.1. The van der Waals surface area contributed by atoms with Gasteiger partial charge in [-0.2, -0.15) is 0 Å². The third kappa shape index (κ3) is 3.27. The summed E-state index contributed by atoms with van der Waals surface area (Å²) >= 11 is 0. The maximum atomic E-state index is 13.0. The predicted octanol–water partition coefficient (Wildman–Crippen LogP) is 3.69. The van der Waals surface area contributed by atoms with Crippen molar-refractivity contribution in [1.82, 2.24) is 9.55 Å². The number of carbonyl (C=O) groups is 1. The van der Waals surface area contributed by atoms with E-state index in [1.54, 1.807) is 10.6 Å². The number of aromatic nitrogens is 2. The SMILES string of the molecule is CCC(=O)CCCc1nc2ccccc2c(=O)n1-c1ccccc1. The van der Waals surface area contributed by atoms with Crippen LogP contribution in [0.2, 0.25) is 0 Å². The van der Waals surface area contributed by atoms with Crippen LogP contribution in [-0.2, 0) is 11.2 Å². The molecule has 4 nitrogen and oxygen atoms in total. The van der Waals surface area contributed by atoms with E-state index in [0.29, 0.717) is 42.4 Å². The van der Waals surface area contributed by atoms with E-state index in [1.165, 1.54) is 0 Å².